The van der Waals surface area contributed by atoms with E-state index in [-0.39, 0.29) is 10.6 Å². The number of benzene rings is 1. The molecule has 0 saturated carbocycles. The molecule has 0 amide bonds. The number of nitrogens with zero attached hydrogens (tertiary/aromatic N) is 3. The van der Waals surface area contributed by atoms with Crippen molar-refractivity contribution in [2.75, 3.05) is 24.5 Å². The maximum atomic E-state index is 10.8. The van der Waals surface area contributed by atoms with E-state index in [0.717, 1.165) is 42.8 Å². The number of rotatable bonds is 5. The van der Waals surface area contributed by atoms with Gasteiger partial charge in [0.1, 0.15) is 5.82 Å². The maximum Gasteiger partial charge on any atom is 0.270 e. The first-order valence-electron chi connectivity index (χ1n) is 7.21. The Morgan fingerprint density at radius 1 is 1.38 bits per heavy atom. The van der Waals surface area contributed by atoms with Crippen LogP contribution in [-0.4, -0.2) is 35.6 Å². The first kappa shape index (κ1) is 13.8. The van der Waals surface area contributed by atoms with Crippen molar-refractivity contribution >= 4 is 22.4 Å². The number of hydrogen-bond acceptors (Lipinski definition) is 5. The standard InChI is InChI=1S/C15H18N4O2/c1-2-7-18(13-9-16-10-13)15-6-3-11-8-12(19(20)21)4-5-14(11)17-15/h3-6,8,13,16H,2,7,9-10H2,1H3. The minimum atomic E-state index is -0.378. The molecule has 0 aliphatic carbocycles. The summed E-state index contributed by atoms with van der Waals surface area (Å²) >= 11 is 0. The number of aromatic nitrogens is 1. The smallest absolute Gasteiger partial charge is 0.270 e. The molecule has 0 spiro atoms. The van der Waals surface area contributed by atoms with Gasteiger partial charge in [0.05, 0.1) is 16.5 Å². The Labute approximate surface area is 122 Å². The van der Waals surface area contributed by atoms with E-state index in [1.165, 1.54) is 6.07 Å². The fraction of sp³-hybridized carbons (Fsp3) is 0.400. The van der Waals surface area contributed by atoms with Crippen LogP contribution in [0, 0.1) is 10.1 Å². The van der Waals surface area contributed by atoms with E-state index < -0.39 is 0 Å². The average molecular weight is 286 g/mol. The Balaban J connectivity index is 1.95. The molecule has 0 unspecified atom stereocenters. The number of fused-ring (bicyclic) bond motifs is 1. The molecular weight excluding hydrogens is 268 g/mol. The highest BCUT2D eigenvalue weighted by Gasteiger charge is 2.25. The number of non-ortho nitro benzene ring substituents is 1. The van der Waals surface area contributed by atoms with E-state index in [4.69, 9.17) is 0 Å². The van der Waals surface area contributed by atoms with Crippen molar-refractivity contribution in [3.05, 3.63) is 40.4 Å². The van der Waals surface area contributed by atoms with Gasteiger partial charge in [-0.25, -0.2) is 4.98 Å². The molecule has 2 aromatic rings. The summed E-state index contributed by atoms with van der Waals surface area (Å²) in [5, 5.41) is 14.9. The second kappa shape index (κ2) is 5.65. The fourth-order valence-electron chi connectivity index (χ4n) is 2.59. The van der Waals surface area contributed by atoms with Crippen LogP contribution in [0.25, 0.3) is 10.9 Å². The van der Waals surface area contributed by atoms with E-state index in [1.807, 2.05) is 12.1 Å². The van der Waals surface area contributed by atoms with Gasteiger partial charge in [0, 0.05) is 37.2 Å². The van der Waals surface area contributed by atoms with E-state index >= 15 is 0 Å². The molecule has 3 rings (SSSR count). The van der Waals surface area contributed by atoms with Gasteiger partial charge in [-0.05, 0) is 24.6 Å². The quantitative estimate of drug-likeness (QED) is 0.674. The van der Waals surface area contributed by atoms with Crippen LogP contribution in [0.3, 0.4) is 0 Å². The normalized spacial score (nSPS) is 14.9. The Morgan fingerprint density at radius 2 is 2.19 bits per heavy atom. The van der Waals surface area contributed by atoms with E-state index in [0.29, 0.717) is 6.04 Å². The third-order valence-corrected chi connectivity index (χ3v) is 3.83. The van der Waals surface area contributed by atoms with E-state index in [2.05, 4.69) is 22.1 Å². The van der Waals surface area contributed by atoms with Crippen LogP contribution in [0.5, 0.6) is 0 Å². The molecule has 0 atom stereocenters. The Morgan fingerprint density at radius 3 is 2.81 bits per heavy atom. The van der Waals surface area contributed by atoms with Crippen LogP contribution >= 0.6 is 0 Å². The summed E-state index contributed by atoms with van der Waals surface area (Å²) in [5.74, 6) is 0.949. The minimum absolute atomic E-state index is 0.102. The first-order chi connectivity index (χ1) is 10.2. The van der Waals surface area contributed by atoms with Crippen molar-refractivity contribution in [3.8, 4) is 0 Å². The molecule has 6 nitrogen and oxygen atoms in total. The van der Waals surface area contributed by atoms with E-state index in [1.54, 1.807) is 12.1 Å². The third kappa shape index (κ3) is 2.67. The van der Waals surface area contributed by atoms with Crippen molar-refractivity contribution in [2.24, 2.45) is 0 Å². The van der Waals surface area contributed by atoms with Crippen LogP contribution < -0.4 is 10.2 Å². The number of anilines is 1. The zero-order valence-electron chi connectivity index (χ0n) is 12.0. The summed E-state index contributed by atoms with van der Waals surface area (Å²) in [4.78, 5) is 17.4. The predicted molar refractivity (Wildman–Crippen MR) is 82.7 cm³/mol. The summed E-state index contributed by atoms with van der Waals surface area (Å²) in [6, 6.07) is 9.17. The van der Waals surface area contributed by atoms with Crippen LogP contribution in [-0.2, 0) is 0 Å². The largest absolute Gasteiger partial charge is 0.351 e. The zero-order valence-corrected chi connectivity index (χ0v) is 12.0. The number of pyridine rings is 1. The highest BCUT2D eigenvalue weighted by Crippen LogP contribution is 2.24. The maximum absolute atomic E-state index is 10.8. The lowest BCUT2D eigenvalue weighted by Crippen LogP contribution is -2.57. The minimum Gasteiger partial charge on any atom is -0.351 e. The average Bonchev–Trinajstić information content (AvgIpc) is 2.43. The number of hydrogen-bond donors (Lipinski definition) is 1. The summed E-state index contributed by atoms with van der Waals surface area (Å²) in [6.45, 7) is 5.10. The SMILES string of the molecule is CCCN(c1ccc2cc([N+](=O)[O-])ccc2n1)C1CNC1. The molecule has 0 bridgehead atoms. The van der Waals surface area contributed by atoms with Gasteiger partial charge in [0.15, 0.2) is 0 Å². The second-order valence-electron chi connectivity index (χ2n) is 5.31. The van der Waals surface area contributed by atoms with Crippen molar-refractivity contribution in [1.29, 1.82) is 0 Å². The van der Waals surface area contributed by atoms with Crippen LogP contribution in [0.2, 0.25) is 0 Å². The van der Waals surface area contributed by atoms with Crippen molar-refractivity contribution in [3.63, 3.8) is 0 Å². The summed E-state index contributed by atoms with van der Waals surface area (Å²) in [7, 11) is 0. The molecule has 110 valence electrons. The molecule has 21 heavy (non-hydrogen) atoms. The molecule has 0 radical (unpaired) electrons. The number of nitrogens with one attached hydrogen (secondary N) is 1. The van der Waals surface area contributed by atoms with Gasteiger partial charge in [0.2, 0.25) is 0 Å². The summed E-state index contributed by atoms with van der Waals surface area (Å²) in [5.41, 5.74) is 0.900. The Kier molecular flexibility index (Phi) is 3.70. The van der Waals surface area contributed by atoms with Crippen LogP contribution in [0.4, 0.5) is 11.5 Å². The molecule has 1 saturated heterocycles. The van der Waals surface area contributed by atoms with Crippen molar-refractivity contribution in [2.45, 2.75) is 19.4 Å². The highest BCUT2D eigenvalue weighted by atomic mass is 16.6. The molecule has 6 heteroatoms. The molecule has 2 heterocycles. The predicted octanol–water partition coefficient (Wildman–Crippen LogP) is 2.33. The lowest BCUT2D eigenvalue weighted by molar-refractivity contribution is -0.384. The zero-order chi connectivity index (χ0) is 14.8. The van der Waals surface area contributed by atoms with Gasteiger partial charge in [-0.15, -0.1) is 0 Å². The third-order valence-electron chi connectivity index (χ3n) is 3.83. The molecule has 1 aromatic heterocycles. The van der Waals surface area contributed by atoms with E-state index in [9.17, 15) is 10.1 Å². The first-order valence-corrected chi connectivity index (χ1v) is 7.21. The van der Waals surface area contributed by atoms with Gasteiger partial charge in [-0.3, -0.25) is 10.1 Å². The van der Waals surface area contributed by atoms with Gasteiger partial charge >= 0.3 is 0 Å². The number of nitro groups is 1. The van der Waals surface area contributed by atoms with Crippen molar-refractivity contribution in [1.82, 2.24) is 10.3 Å². The van der Waals surface area contributed by atoms with Gasteiger partial charge < -0.3 is 10.2 Å². The summed E-state index contributed by atoms with van der Waals surface area (Å²) < 4.78 is 0. The fourth-order valence-corrected chi connectivity index (χ4v) is 2.59. The lowest BCUT2D eigenvalue weighted by Gasteiger charge is -2.39. The monoisotopic (exact) mass is 286 g/mol. The molecule has 1 fully saturated rings. The second-order valence-corrected chi connectivity index (χ2v) is 5.31. The van der Waals surface area contributed by atoms with Crippen molar-refractivity contribution < 1.29 is 4.92 Å². The van der Waals surface area contributed by atoms with Gasteiger partial charge in [0.25, 0.3) is 5.69 Å². The number of nitro benzene ring substituents is 1. The Hall–Kier alpha value is -2.21. The molecular formula is C15H18N4O2. The molecule has 1 aliphatic rings. The molecule has 1 aromatic carbocycles. The van der Waals surface area contributed by atoms with Gasteiger partial charge in [-0.2, -0.15) is 0 Å². The topological polar surface area (TPSA) is 71.3 Å². The van der Waals surface area contributed by atoms with Gasteiger partial charge in [-0.1, -0.05) is 6.92 Å². The summed E-state index contributed by atoms with van der Waals surface area (Å²) in [6.07, 6.45) is 1.07. The Bertz CT molecular complexity index is 670. The van der Waals surface area contributed by atoms with Crippen LogP contribution in [0.15, 0.2) is 30.3 Å². The van der Waals surface area contributed by atoms with Crippen LogP contribution in [0.1, 0.15) is 13.3 Å². The molecule has 1 N–H and O–H groups in total. The molecule has 1 aliphatic heterocycles. The highest BCUT2D eigenvalue weighted by molar-refractivity contribution is 5.82. The lowest BCUT2D eigenvalue weighted by atomic mass is 10.1.